The molecule has 0 aliphatic rings. The van der Waals surface area contributed by atoms with Gasteiger partial charge in [0.05, 0.1) is 16.1 Å². The highest BCUT2D eigenvalue weighted by molar-refractivity contribution is 7.80. The number of likely N-dealkylation sites (N-methyl/N-ethyl adjacent to an activating group) is 1. The van der Waals surface area contributed by atoms with Crippen LogP contribution in [-0.4, -0.2) is 30.7 Å². The summed E-state index contributed by atoms with van der Waals surface area (Å²) in [5.41, 5.74) is 0.810. The van der Waals surface area contributed by atoms with Crippen LogP contribution >= 0.6 is 46.8 Å². The fraction of sp³-hybridized carbons (Fsp3) is 0.267. The standard InChI is InChI=1S/C15H17Cl2N3S2/c1-20(2)13(14-4-3-7-22-14)9-18-15(21)19-10-5-6-11(16)12(17)8-10/h3-8,13H,9H2,1-2H3,(H2,18,19,21)/t13-/m0/s1. The summed E-state index contributed by atoms with van der Waals surface area (Å²) in [7, 11) is 4.11. The van der Waals surface area contributed by atoms with Crippen LogP contribution in [0.2, 0.25) is 10.0 Å². The maximum Gasteiger partial charge on any atom is 0.170 e. The Labute approximate surface area is 150 Å². The van der Waals surface area contributed by atoms with Gasteiger partial charge < -0.3 is 15.5 Å². The highest BCUT2D eigenvalue weighted by Gasteiger charge is 2.15. The monoisotopic (exact) mass is 373 g/mol. The molecule has 118 valence electrons. The molecule has 0 aliphatic carbocycles. The van der Waals surface area contributed by atoms with Crippen LogP contribution in [0.15, 0.2) is 35.7 Å². The molecular formula is C15H17Cl2N3S2. The SMILES string of the molecule is CN(C)[C@@H](CNC(=S)Nc1ccc(Cl)c(Cl)c1)c1cccs1. The van der Waals surface area contributed by atoms with Crippen molar-refractivity contribution in [2.45, 2.75) is 6.04 Å². The summed E-state index contributed by atoms with van der Waals surface area (Å²) in [4.78, 5) is 3.47. The Hall–Kier alpha value is -0.850. The van der Waals surface area contributed by atoms with Gasteiger partial charge in [0.25, 0.3) is 0 Å². The molecule has 1 aromatic heterocycles. The molecule has 0 bridgehead atoms. The van der Waals surface area contributed by atoms with E-state index in [-0.39, 0.29) is 6.04 Å². The van der Waals surface area contributed by atoms with E-state index in [2.05, 4.69) is 47.1 Å². The molecule has 0 spiro atoms. The van der Waals surface area contributed by atoms with Gasteiger partial charge in [0.2, 0.25) is 0 Å². The van der Waals surface area contributed by atoms with Crippen molar-refractivity contribution in [3.63, 3.8) is 0 Å². The summed E-state index contributed by atoms with van der Waals surface area (Å²) in [6.45, 7) is 0.723. The van der Waals surface area contributed by atoms with Crippen LogP contribution < -0.4 is 10.6 Å². The zero-order valence-corrected chi connectivity index (χ0v) is 15.4. The van der Waals surface area contributed by atoms with E-state index < -0.39 is 0 Å². The van der Waals surface area contributed by atoms with Gasteiger partial charge in [-0.1, -0.05) is 29.3 Å². The zero-order chi connectivity index (χ0) is 16.1. The first-order valence-electron chi connectivity index (χ1n) is 6.67. The van der Waals surface area contributed by atoms with Gasteiger partial charge in [-0.15, -0.1) is 11.3 Å². The molecule has 0 fully saturated rings. The lowest BCUT2D eigenvalue weighted by atomic mass is 10.2. The molecule has 2 aromatic rings. The quantitative estimate of drug-likeness (QED) is 0.746. The summed E-state index contributed by atoms with van der Waals surface area (Å²) in [5.74, 6) is 0. The van der Waals surface area contributed by atoms with E-state index >= 15 is 0 Å². The number of nitrogens with zero attached hydrogens (tertiary/aromatic N) is 1. The second-order valence-electron chi connectivity index (χ2n) is 4.96. The maximum absolute atomic E-state index is 5.99. The molecule has 1 atom stereocenters. The topological polar surface area (TPSA) is 27.3 Å². The van der Waals surface area contributed by atoms with Gasteiger partial charge in [0.15, 0.2) is 5.11 Å². The molecule has 0 unspecified atom stereocenters. The van der Waals surface area contributed by atoms with Gasteiger partial charge >= 0.3 is 0 Å². The molecule has 22 heavy (non-hydrogen) atoms. The molecule has 1 heterocycles. The summed E-state index contributed by atoms with van der Waals surface area (Å²) >= 11 is 19.0. The third-order valence-electron chi connectivity index (χ3n) is 3.13. The Morgan fingerprint density at radius 3 is 2.64 bits per heavy atom. The van der Waals surface area contributed by atoms with E-state index in [0.717, 1.165) is 12.2 Å². The number of nitrogens with one attached hydrogen (secondary N) is 2. The Morgan fingerprint density at radius 2 is 2.05 bits per heavy atom. The number of halogens is 2. The highest BCUT2D eigenvalue weighted by atomic mass is 35.5. The summed E-state index contributed by atoms with van der Waals surface area (Å²) in [5, 5.41) is 10.0. The summed E-state index contributed by atoms with van der Waals surface area (Å²) in [6.07, 6.45) is 0. The Balaban J connectivity index is 1.92. The second-order valence-corrected chi connectivity index (χ2v) is 7.16. The molecule has 1 aromatic carbocycles. The third-order valence-corrected chi connectivity index (χ3v) is 5.09. The first kappa shape index (κ1) is 17.5. The fourth-order valence-electron chi connectivity index (χ4n) is 1.96. The predicted octanol–water partition coefficient (Wildman–Crippen LogP) is 4.64. The number of hydrogen-bond donors (Lipinski definition) is 2. The molecular weight excluding hydrogens is 357 g/mol. The van der Waals surface area contributed by atoms with Crippen molar-refractivity contribution in [3.05, 3.63) is 50.6 Å². The molecule has 0 saturated heterocycles. The van der Waals surface area contributed by atoms with E-state index in [1.54, 1.807) is 23.5 Å². The Bertz CT molecular complexity index is 630. The first-order chi connectivity index (χ1) is 10.5. The van der Waals surface area contributed by atoms with Crippen LogP contribution in [0.1, 0.15) is 10.9 Å². The number of hydrogen-bond acceptors (Lipinski definition) is 3. The number of thiocarbonyl (C=S) groups is 1. The molecule has 7 heteroatoms. The van der Waals surface area contributed by atoms with Gasteiger partial charge in [-0.3, -0.25) is 0 Å². The third kappa shape index (κ3) is 4.83. The largest absolute Gasteiger partial charge is 0.360 e. The van der Waals surface area contributed by atoms with E-state index in [1.165, 1.54) is 4.88 Å². The number of benzene rings is 1. The average Bonchev–Trinajstić information content (AvgIpc) is 2.97. The minimum Gasteiger partial charge on any atom is -0.360 e. The van der Waals surface area contributed by atoms with Crippen LogP contribution in [0.25, 0.3) is 0 Å². The fourth-order valence-corrected chi connectivity index (χ4v) is 3.38. The highest BCUT2D eigenvalue weighted by Crippen LogP contribution is 2.25. The lowest BCUT2D eigenvalue weighted by Gasteiger charge is -2.24. The second kappa shape index (κ2) is 8.13. The summed E-state index contributed by atoms with van der Waals surface area (Å²) < 4.78 is 0. The smallest absolute Gasteiger partial charge is 0.170 e. The molecule has 0 radical (unpaired) electrons. The molecule has 0 amide bonds. The van der Waals surface area contributed by atoms with Crippen molar-refractivity contribution in [1.82, 2.24) is 10.2 Å². The van der Waals surface area contributed by atoms with Crippen molar-refractivity contribution < 1.29 is 0 Å². The molecule has 2 N–H and O–H groups in total. The van der Waals surface area contributed by atoms with Crippen LogP contribution in [-0.2, 0) is 0 Å². The number of thiophene rings is 1. The van der Waals surface area contributed by atoms with Crippen LogP contribution in [0.5, 0.6) is 0 Å². The maximum atomic E-state index is 5.99. The number of anilines is 1. The van der Waals surface area contributed by atoms with Gasteiger partial charge in [-0.05, 0) is 56.0 Å². The van der Waals surface area contributed by atoms with Crippen LogP contribution in [0, 0.1) is 0 Å². The Kier molecular flexibility index (Phi) is 6.47. The van der Waals surface area contributed by atoms with Gasteiger partial charge in [0, 0.05) is 17.1 Å². The van der Waals surface area contributed by atoms with E-state index in [4.69, 9.17) is 35.4 Å². The predicted molar refractivity (Wildman–Crippen MR) is 101 cm³/mol. The average molecular weight is 374 g/mol. The van der Waals surface area contributed by atoms with Crippen molar-refractivity contribution in [3.8, 4) is 0 Å². The number of rotatable bonds is 5. The van der Waals surface area contributed by atoms with E-state index in [0.29, 0.717) is 15.2 Å². The van der Waals surface area contributed by atoms with Crippen molar-refractivity contribution in [2.24, 2.45) is 0 Å². The van der Waals surface area contributed by atoms with Crippen molar-refractivity contribution >= 4 is 57.6 Å². The van der Waals surface area contributed by atoms with Gasteiger partial charge in [-0.2, -0.15) is 0 Å². The van der Waals surface area contributed by atoms with Crippen LogP contribution in [0.3, 0.4) is 0 Å². The molecule has 0 saturated carbocycles. The van der Waals surface area contributed by atoms with E-state index in [1.807, 2.05) is 6.07 Å². The van der Waals surface area contributed by atoms with Crippen molar-refractivity contribution in [2.75, 3.05) is 26.0 Å². The lowest BCUT2D eigenvalue weighted by Crippen LogP contribution is -2.36. The minimum atomic E-state index is 0.272. The zero-order valence-electron chi connectivity index (χ0n) is 12.3. The van der Waals surface area contributed by atoms with E-state index in [9.17, 15) is 0 Å². The summed E-state index contributed by atoms with van der Waals surface area (Å²) in [6, 6.07) is 9.79. The normalized spacial score (nSPS) is 12.2. The molecule has 0 aliphatic heterocycles. The molecule has 2 rings (SSSR count). The van der Waals surface area contributed by atoms with Gasteiger partial charge in [-0.25, -0.2) is 0 Å². The first-order valence-corrected chi connectivity index (χ1v) is 8.71. The Morgan fingerprint density at radius 1 is 1.27 bits per heavy atom. The van der Waals surface area contributed by atoms with Crippen LogP contribution in [0.4, 0.5) is 5.69 Å². The van der Waals surface area contributed by atoms with Gasteiger partial charge in [0.1, 0.15) is 0 Å². The minimum absolute atomic E-state index is 0.272. The lowest BCUT2D eigenvalue weighted by molar-refractivity contribution is 0.303. The molecule has 3 nitrogen and oxygen atoms in total. The van der Waals surface area contributed by atoms with Crippen molar-refractivity contribution in [1.29, 1.82) is 0 Å².